The van der Waals surface area contributed by atoms with Gasteiger partial charge in [0.15, 0.2) is 0 Å². The summed E-state index contributed by atoms with van der Waals surface area (Å²) in [5.74, 6) is -0.0540. The lowest BCUT2D eigenvalue weighted by Crippen LogP contribution is -2.30. The summed E-state index contributed by atoms with van der Waals surface area (Å²) in [4.78, 5) is 14.2. The minimum atomic E-state index is -3.56. The SMILES string of the molecule is Cc1ccc(S(=O)(=O)C2=CN(Cc3ccccc3)C(=O)CC2)cc1. The van der Waals surface area contributed by atoms with Gasteiger partial charge in [-0.1, -0.05) is 48.0 Å². The zero-order chi connectivity index (χ0) is 17.2. The molecule has 124 valence electrons. The molecule has 2 aromatic carbocycles. The van der Waals surface area contributed by atoms with E-state index in [1.807, 2.05) is 37.3 Å². The van der Waals surface area contributed by atoms with Crippen LogP contribution in [0, 0.1) is 6.92 Å². The Morgan fingerprint density at radius 2 is 1.62 bits per heavy atom. The Labute approximate surface area is 142 Å². The summed E-state index contributed by atoms with van der Waals surface area (Å²) in [6, 6.07) is 16.3. The van der Waals surface area contributed by atoms with Crippen LogP contribution in [0.3, 0.4) is 0 Å². The van der Waals surface area contributed by atoms with Gasteiger partial charge in [0.05, 0.1) is 16.3 Å². The molecule has 0 bridgehead atoms. The highest BCUT2D eigenvalue weighted by Crippen LogP contribution is 2.28. The second-order valence-electron chi connectivity index (χ2n) is 5.92. The van der Waals surface area contributed by atoms with Crippen molar-refractivity contribution in [1.82, 2.24) is 4.90 Å². The van der Waals surface area contributed by atoms with E-state index >= 15 is 0 Å². The van der Waals surface area contributed by atoms with Gasteiger partial charge in [0.2, 0.25) is 15.7 Å². The number of carbonyl (C=O) groups excluding carboxylic acids is 1. The Morgan fingerprint density at radius 1 is 0.958 bits per heavy atom. The molecule has 3 rings (SSSR count). The smallest absolute Gasteiger partial charge is 0.227 e. The number of allylic oxidation sites excluding steroid dienone is 1. The summed E-state index contributed by atoms with van der Waals surface area (Å²) in [5.41, 5.74) is 1.98. The van der Waals surface area contributed by atoms with E-state index < -0.39 is 9.84 Å². The number of carbonyl (C=O) groups is 1. The first-order valence-corrected chi connectivity index (χ1v) is 9.31. The molecule has 0 unspecified atom stereocenters. The number of aryl methyl sites for hydroxylation is 1. The van der Waals surface area contributed by atoms with Gasteiger partial charge in [-0.15, -0.1) is 0 Å². The maximum absolute atomic E-state index is 12.8. The molecule has 0 atom stereocenters. The lowest BCUT2D eigenvalue weighted by Gasteiger charge is -2.25. The van der Waals surface area contributed by atoms with Gasteiger partial charge in [-0.05, 0) is 31.0 Å². The van der Waals surface area contributed by atoms with Crippen LogP contribution in [0.25, 0.3) is 0 Å². The van der Waals surface area contributed by atoms with Gasteiger partial charge in [0.1, 0.15) is 0 Å². The van der Waals surface area contributed by atoms with Gasteiger partial charge in [-0.3, -0.25) is 4.79 Å². The number of benzene rings is 2. The number of rotatable bonds is 4. The van der Waals surface area contributed by atoms with E-state index in [0.717, 1.165) is 11.1 Å². The molecule has 24 heavy (non-hydrogen) atoms. The fraction of sp³-hybridized carbons (Fsp3) is 0.211. The lowest BCUT2D eigenvalue weighted by atomic mass is 10.1. The molecule has 0 N–H and O–H groups in total. The quantitative estimate of drug-likeness (QED) is 0.856. The van der Waals surface area contributed by atoms with E-state index in [4.69, 9.17) is 0 Å². The average Bonchev–Trinajstić information content (AvgIpc) is 2.58. The first kappa shape index (κ1) is 16.5. The van der Waals surface area contributed by atoms with Crippen LogP contribution in [0.15, 0.2) is 70.6 Å². The highest BCUT2D eigenvalue weighted by atomic mass is 32.2. The summed E-state index contributed by atoms with van der Waals surface area (Å²) in [6.45, 7) is 2.29. The Kier molecular flexibility index (Phi) is 4.53. The predicted octanol–water partition coefficient (Wildman–Crippen LogP) is 3.43. The predicted molar refractivity (Wildman–Crippen MR) is 92.7 cm³/mol. The standard InChI is InChI=1S/C19H19NO3S/c1-15-7-9-17(10-8-15)24(22,23)18-11-12-19(21)20(14-18)13-16-5-3-2-4-6-16/h2-10,14H,11-13H2,1H3. The van der Waals surface area contributed by atoms with Crippen LogP contribution in [0.2, 0.25) is 0 Å². The highest BCUT2D eigenvalue weighted by molar-refractivity contribution is 7.95. The third kappa shape index (κ3) is 3.41. The van der Waals surface area contributed by atoms with Crippen molar-refractivity contribution in [3.63, 3.8) is 0 Å². The van der Waals surface area contributed by atoms with Crippen LogP contribution in [-0.4, -0.2) is 19.2 Å². The Bertz CT molecular complexity index is 869. The van der Waals surface area contributed by atoms with E-state index in [1.165, 1.54) is 11.1 Å². The second kappa shape index (κ2) is 6.61. The number of amides is 1. The second-order valence-corrected chi connectivity index (χ2v) is 7.92. The van der Waals surface area contributed by atoms with Crippen molar-refractivity contribution in [3.8, 4) is 0 Å². The molecule has 4 nitrogen and oxygen atoms in total. The third-order valence-corrected chi connectivity index (χ3v) is 5.97. The molecule has 0 radical (unpaired) electrons. The van der Waals surface area contributed by atoms with E-state index in [-0.39, 0.29) is 23.6 Å². The molecule has 0 fully saturated rings. The number of hydrogen-bond donors (Lipinski definition) is 0. The fourth-order valence-electron chi connectivity index (χ4n) is 2.67. The molecule has 0 aromatic heterocycles. The fourth-order valence-corrected chi connectivity index (χ4v) is 4.10. The zero-order valence-corrected chi connectivity index (χ0v) is 14.3. The molecule has 0 spiro atoms. The van der Waals surface area contributed by atoms with Crippen molar-refractivity contribution in [2.24, 2.45) is 0 Å². The third-order valence-electron chi connectivity index (χ3n) is 4.08. The van der Waals surface area contributed by atoms with Gasteiger partial charge in [0.25, 0.3) is 0 Å². The van der Waals surface area contributed by atoms with Crippen LogP contribution in [0.5, 0.6) is 0 Å². The Hall–Kier alpha value is -2.40. The molecular weight excluding hydrogens is 322 g/mol. The Balaban J connectivity index is 1.91. The van der Waals surface area contributed by atoms with E-state index in [2.05, 4.69) is 0 Å². The van der Waals surface area contributed by atoms with Gasteiger partial charge < -0.3 is 4.90 Å². The van der Waals surface area contributed by atoms with Crippen LogP contribution in [-0.2, 0) is 21.2 Å². The number of hydrogen-bond acceptors (Lipinski definition) is 3. The molecule has 0 saturated carbocycles. The van der Waals surface area contributed by atoms with Gasteiger partial charge in [-0.2, -0.15) is 0 Å². The van der Waals surface area contributed by atoms with Crippen molar-refractivity contribution < 1.29 is 13.2 Å². The summed E-state index contributed by atoms with van der Waals surface area (Å²) in [6.07, 6.45) is 1.96. The normalized spacial score (nSPS) is 15.3. The van der Waals surface area contributed by atoms with Crippen molar-refractivity contribution >= 4 is 15.7 Å². The molecule has 2 aromatic rings. The monoisotopic (exact) mass is 341 g/mol. The number of nitrogens with zero attached hydrogens (tertiary/aromatic N) is 1. The average molecular weight is 341 g/mol. The molecule has 1 amide bonds. The molecule has 1 heterocycles. The van der Waals surface area contributed by atoms with Gasteiger partial charge in [-0.25, -0.2) is 8.42 Å². The van der Waals surface area contributed by atoms with Crippen LogP contribution < -0.4 is 0 Å². The topological polar surface area (TPSA) is 54.5 Å². The van der Waals surface area contributed by atoms with Crippen molar-refractivity contribution in [3.05, 3.63) is 76.8 Å². The molecule has 0 aliphatic carbocycles. The minimum Gasteiger partial charge on any atom is -0.314 e. The molecule has 0 saturated heterocycles. The highest BCUT2D eigenvalue weighted by Gasteiger charge is 2.27. The molecule has 1 aliphatic heterocycles. The van der Waals surface area contributed by atoms with Crippen molar-refractivity contribution in [1.29, 1.82) is 0 Å². The molecular formula is C19H19NO3S. The maximum atomic E-state index is 12.8. The first-order valence-electron chi connectivity index (χ1n) is 7.83. The maximum Gasteiger partial charge on any atom is 0.227 e. The first-order chi connectivity index (χ1) is 11.5. The minimum absolute atomic E-state index is 0.0540. The van der Waals surface area contributed by atoms with Gasteiger partial charge in [0, 0.05) is 12.6 Å². The molecule has 5 heteroatoms. The van der Waals surface area contributed by atoms with Crippen molar-refractivity contribution in [2.45, 2.75) is 31.2 Å². The van der Waals surface area contributed by atoms with Crippen LogP contribution in [0.1, 0.15) is 24.0 Å². The van der Waals surface area contributed by atoms with Crippen molar-refractivity contribution in [2.75, 3.05) is 0 Å². The van der Waals surface area contributed by atoms with Crippen LogP contribution >= 0.6 is 0 Å². The molecule has 1 aliphatic rings. The van der Waals surface area contributed by atoms with Gasteiger partial charge >= 0.3 is 0 Å². The summed E-state index contributed by atoms with van der Waals surface area (Å²) < 4.78 is 25.6. The zero-order valence-electron chi connectivity index (χ0n) is 13.5. The number of sulfone groups is 1. The Morgan fingerprint density at radius 3 is 2.29 bits per heavy atom. The summed E-state index contributed by atoms with van der Waals surface area (Å²) in [7, 11) is -3.56. The lowest BCUT2D eigenvalue weighted by molar-refractivity contribution is -0.129. The van der Waals surface area contributed by atoms with Crippen LogP contribution in [0.4, 0.5) is 0 Å². The van der Waals surface area contributed by atoms with E-state index in [9.17, 15) is 13.2 Å². The van der Waals surface area contributed by atoms with E-state index in [0.29, 0.717) is 11.4 Å². The summed E-state index contributed by atoms with van der Waals surface area (Å²) >= 11 is 0. The summed E-state index contributed by atoms with van der Waals surface area (Å²) in [5, 5.41) is 0. The largest absolute Gasteiger partial charge is 0.314 e. The van der Waals surface area contributed by atoms with E-state index in [1.54, 1.807) is 24.3 Å².